The molecule has 0 bridgehead atoms. The number of carbonyl (C=O) groups excluding carboxylic acids is 1. The fraction of sp³-hybridized carbons (Fsp3) is 0.444. The van der Waals surface area contributed by atoms with Crippen LogP contribution >= 0.6 is 0 Å². The molecule has 1 aromatic carbocycles. The number of H-pyrrole nitrogens is 1. The number of hydrogen-bond donors (Lipinski definition) is 2. The lowest BCUT2D eigenvalue weighted by molar-refractivity contribution is -0.168. The quantitative estimate of drug-likeness (QED) is 0.693. The molecule has 0 saturated carbocycles. The van der Waals surface area contributed by atoms with E-state index in [1.165, 1.54) is 6.07 Å². The van der Waals surface area contributed by atoms with Gasteiger partial charge in [-0.2, -0.15) is 13.9 Å². The van der Waals surface area contributed by atoms with Gasteiger partial charge in [0.25, 0.3) is 5.91 Å². The molecule has 0 fully saturated rings. The van der Waals surface area contributed by atoms with Crippen molar-refractivity contribution in [2.75, 3.05) is 11.9 Å². The van der Waals surface area contributed by atoms with Gasteiger partial charge in [0, 0.05) is 16.8 Å². The summed E-state index contributed by atoms with van der Waals surface area (Å²) in [6.45, 7) is 4.25. The summed E-state index contributed by atoms with van der Waals surface area (Å²) < 4.78 is 54.5. The van der Waals surface area contributed by atoms with Gasteiger partial charge in [-0.1, -0.05) is 32.9 Å². The van der Waals surface area contributed by atoms with Crippen LogP contribution in [0.5, 0.6) is 0 Å². The second-order valence-corrected chi connectivity index (χ2v) is 7.13. The van der Waals surface area contributed by atoms with Crippen molar-refractivity contribution in [3.05, 3.63) is 47.3 Å². The van der Waals surface area contributed by atoms with Gasteiger partial charge in [0.05, 0.1) is 6.61 Å². The molecule has 1 amide bonds. The van der Waals surface area contributed by atoms with E-state index in [2.05, 4.69) is 20.3 Å². The molecular weight excluding hydrogens is 366 g/mol. The van der Waals surface area contributed by atoms with Crippen molar-refractivity contribution in [1.29, 1.82) is 0 Å². The van der Waals surface area contributed by atoms with Crippen LogP contribution in [0.4, 0.5) is 23.2 Å². The molecule has 2 aromatic rings. The predicted molar refractivity (Wildman–Crippen MR) is 92.3 cm³/mol. The summed E-state index contributed by atoms with van der Waals surface area (Å²) in [5, 5.41) is 9.43. The van der Waals surface area contributed by atoms with Gasteiger partial charge in [-0.3, -0.25) is 9.89 Å². The number of aromatic nitrogens is 2. The van der Waals surface area contributed by atoms with Gasteiger partial charge in [-0.05, 0) is 23.8 Å². The third-order valence-electron chi connectivity index (χ3n) is 3.69. The Kier molecular flexibility index (Phi) is 6.25. The number of anilines is 1. The Hall–Kier alpha value is -2.42. The molecule has 0 aliphatic carbocycles. The largest absolute Gasteiger partial charge is 0.370 e. The van der Waals surface area contributed by atoms with Crippen molar-refractivity contribution in [1.82, 2.24) is 10.2 Å². The van der Waals surface area contributed by atoms with Crippen LogP contribution < -0.4 is 5.32 Å². The van der Waals surface area contributed by atoms with Crippen molar-refractivity contribution in [2.24, 2.45) is 0 Å². The van der Waals surface area contributed by atoms with Gasteiger partial charge < -0.3 is 10.1 Å². The van der Waals surface area contributed by atoms with E-state index in [0.717, 1.165) is 5.69 Å². The minimum Gasteiger partial charge on any atom is -0.370 e. The van der Waals surface area contributed by atoms with Gasteiger partial charge in [-0.15, -0.1) is 0 Å². The molecule has 148 valence electrons. The number of amides is 1. The molecule has 9 heteroatoms. The summed E-state index contributed by atoms with van der Waals surface area (Å²) in [5.41, 5.74) is 1.67. The number of nitrogens with zero attached hydrogens (tertiary/aromatic N) is 1. The first-order chi connectivity index (χ1) is 12.5. The van der Waals surface area contributed by atoms with E-state index in [9.17, 15) is 22.4 Å². The molecule has 0 aliphatic heterocycles. The van der Waals surface area contributed by atoms with Crippen LogP contribution in [0, 0.1) is 0 Å². The average Bonchev–Trinajstić information content (AvgIpc) is 3.05. The maximum atomic E-state index is 12.8. The third kappa shape index (κ3) is 5.78. The van der Waals surface area contributed by atoms with Crippen LogP contribution in [0.2, 0.25) is 0 Å². The Morgan fingerprint density at radius 1 is 1.26 bits per heavy atom. The highest BCUT2D eigenvalue weighted by molar-refractivity contribution is 6.02. The number of halogens is 4. The van der Waals surface area contributed by atoms with Crippen molar-refractivity contribution in [3.8, 4) is 0 Å². The molecule has 1 aromatic heterocycles. The Labute approximate surface area is 154 Å². The van der Waals surface area contributed by atoms with Crippen LogP contribution in [0.1, 0.15) is 42.5 Å². The molecule has 2 rings (SSSR count). The number of aromatic amines is 1. The van der Waals surface area contributed by atoms with Gasteiger partial charge in [0.1, 0.15) is 6.61 Å². The molecule has 0 unspecified atom stereocenters. The first-order valence-corrected chi connectivity index (χ1v) is 8.19. The van der Waals surface area contributed by atoms with Crippen LogP contribution in [-0.2, 0) is 16.8 Å². The van der Waals surface area contributed by atoms with E-state index in [0.29, 0.717) is 11.3 Å². The molecule has 0 saturated heterocycles. The smallest absolute Gasteiger partial charge is 0.330 e. The Morgan fingerprint density at radius 3 is 2.56 bits per heavy atom. The lowest BCUT2D eigenvalue weighted by Gasteiger charge is -2.15. The third-order valence-corrected chi connectivity index (χ3v) is 3.69. The molecule has 0 atom stereocenters. The number of benzene rings is 1. The monoisotopic (exact) mass is 387 g/mol. The van der Waals surface area contributed by atoms with Gasteiger partial charge in [-0.25, -0.2) is 8.78 Å². The summed E-state index contributed by atoms with van der Waals surface area (Å²) in [4.78, 5) is 12.3. The molecule has 1 heterocycles. The summed E-state index contributed by atoms with van der Waals surface area (Å²) >= 11 is 0. The lowest BCUT2D eigenvalue weighted by atomic mass is 9.92. The van der Waals surface area contributed by atoms with E-state index in [4.69, 9.17) is 0 Å². The predicted octanol–water partition coefficient (Wildman–Crippen LogP) is 4.38. The normalized spacial score (nSPS) is 12.4. The van der Waals surface area contributed by atoms with Crippen LogP contribution in [-0.4, -0.2) is 35.1 Å². The first kappa shape index (κ1) is 20.9. The van der Waals surface area contributed by atoms with Crippen LogP contribution in [0.25, 0.3) is 0 Å². The second kappa shape index (κ2) is 8.08. The van der Waals surface area contributed by atoms with Gasteiger partial charge >= 0.3 is 12.3 Å². The van der Waals surface area contributed by atoms with E-state index >= 15 is 0 Å². The number of hydrogen-bond acceptors (Lipinski definition) is 3. The molecule has 27 heavy (non-hydrogen) atoms. The highest BCUT2D eigenvalue weighted by atomic mass is 19.3. The zero-order chi connectivity index (χ0) is 20.2. The number of rotatable bonds is 7. The summed E-state index contributed by atoms with van der Waals surface area (Å²) in [5.74, 6) is -4.64. The Morgan fingerprint density at radius 2 is 1.96 bits per heavy atom. The number of alkyl halides is 4. The van der Waals surface area contributed by atoms with E-state index in [1.54, 1.807) is 24.3 Å². The second-order valence-electron chi connectivity index (χ2n) is 7.13. The number of nitrogens with one attached hydrogen (secondary N) is 2. The first-order valence-electron chi connectivity index (χ1n) is 8.19. The molecule has 0 spiro atoms. The van der Waals surface area contributed by atoms with Crippen LogP contribution in [0.15, 0.2) is 30.3 Å². The van der Waals surface area contributed by atoms with E-state index in [-0.39, 0.29) is 17.7 Å². The van der Waals surface area contributed by atoms with Crippen molar-refractivity contribution < 1.29 is 27.1 Å². The van der Waals surface area contributed by atoms with Crippen LogP contribution in [0.3, 0.4) is 0 Å². The molecular formula is C18H21F4N3O2. The van der Waals surface area contributed by atoms with Gasteiger partial charge in [0.2, 0.25) is 0 Å². The number of carbonyl (C=O) groups is 1. The Bertz CT molecular complexity index is 785. The Balaban J connectivity index is 1.97. The zero-order valence-electron chi connectivity index (χ0n) is 15.2. The van der Waals surface area contributed by atoms with Crippen molar-refractivity contribution >= 4 is 11.6 Å². The number of ether oxygens (including phenoxy) is 1. The summed E-state index contributed by atoms with van der Waals surface area (Å²) in [6, 6.07) is 7.92. The molecule has 5 nitrogen and oxygen atoms in total. The fourth-order valence-electron chi connectivity index (χ4n) is 2.12. The topological polar surface area (TPSA) is 67.0 Å². The summed E-state index contributed by atoms with van der Waals surface area (Å²) in [6.07, 6.45) is -3.78. The maximum absolute atomic E-state index is 12.8. The van der Waals surface area contributed by atoms with E-state index < -0.39 is 24.9 Å². The van der Waals surface area contributed by atoms with E-state index in [1.807, 2.05) is 20.8 Å². The lowest BCUT2D eigenvalue weighted by Crippen LogP contribution is -2.32. The minimum absolute atomic E-state index is 0.191. The molecule has 0 aliphatic rings. The maximum Gasteiger partial charge on any atom is 0.330 e. The standard InChI is InChI=1S/C18H21F4N3O2/c1-17(2,3)14-8-13(24-25-14)15(26)23-12-6-4-5-11(7-12)9-27-10-18(21,22)16(19)20/h4-8,16H,9-10H2,1-3H3,(H,23,26)(H,24,25). The minimum atomic E-state index is -4.20. The zero-order valence-corrected chi connectivity index (χ0v) is 15.2. The SMILES string of the molecule is CC(C)(C)c1cc(C(=O)Nc2cccc(COCC(F)(F)C(F)F)c2)n[nH]1. The molecule has 0 radical (unpaired) electrons. The van der Waals surface area contributed by atoms with Crippen molar-refractivity contribution in [2.45, 2.75) is 45.1 Å². The van der Waals surface area contributed by atoms with Gasteiger partial charge in [0.15, 0.2) is 5.69 Å². The fourth-order valence-corrected chi connectivity index (χ4v) is 2.12. The highest BCUT2D eigenvalue weighted by Gasteiger charge is 2.40. The average molecular weight is 387 g/mol. The highest BCUT2D eigenvalue weighted by Crippen LogP contribution is 2.24. The summed E-state index contributed by atoms with van der Waals surface area (Å²) in [7, 11) is 0. The molecule has 2 N–H and O–H groups in total. The van der Waals surface area contributed by atoms with Crippen molar-refractivity contribution in [3.63, 3.8) is 0 Å².